The van der Waals surface area contributed by atoms with Gasteiger partial charge in [0, 0.05) is 12.1 Å². The molecule has 1 N–H and O–H groups in total. The molecule has 3 aromatic carbocycles. The van der Waals surface area contributed by atoms with Crippen LogP contribution in [0, 0.1) is 6.92 Å². The van der Waals surface area contributed by atoms with Gasteiger partial charge in [0.2, 0.25) is 11.8 Å². The van der Waals surface area contributed by atoms with Crippen LogP contribution in [0.1, 0.15) is 44.4 Å². The monoisotopic (exact) mass is 589 g/mol. The summed E-state index contributed by atoms with van der Waals surface area (Å²) in [7, 11) is -4.48. The van der Waals surface area contributed by atoms with E-state index in [2.05, 4.69) is 5.32 Å². The minimum Gasteiger partial charge on any atom is -0.350 e. The number of nitrogens with one attached hydrogen (secondary N) is 1. The van der Waals surface area contributed by atoms with Crippen molar-refractivity contribution >= 4 is 27.5 Å². The number of anilines is 1. The van der Waals surface area contributed by atoms with Crippen LogP contribution in [0.2, 0.25) is 0 Å². The smallest absolute Gasteiger partial charge is 0.350 e. The zero-order valence-corrected chi connectivity index (χ0v) is 24.4. The molecule has 0 radical (unpaired) electrons. The number of amides is 2. The number of carbonyl (C=O) groups is 2. The number of alkyl halides is 3. The van der Waals surface area contributed by atoms with Crippen molar-refractivity contribution in [3.05, 3.63) is 95.6 Å². The number of carbonyl (C=O) groups excluding carboxylic acids is 2. The van der Waals surface area contributed by atoms with E-state index in [1.807, 2.05) is 19.1 Å². The fourth-order valence-electron chi connectivity index (χ4n) is 4.15. The fraction of sp³-hybridized carbons (Fsp3) is 0.333. The second-order valence-corrected chi connectivity index (χ2v) is 12.7. The zero-order chi connectivity index (χ0) is 30.6. The number of halogens is 3. The number of nitrogens with zero attached hydrogens (tertiary/aromatic N) is 2. The van der Waals surface area contributed by atoms with Crippen molar-refractivity contribution in [1.82, 2.24) is 10.2 Å². The Morgan fingerprint density at radius 2 is 1.54 bits per heavy atom. The van der Waals surface area contributed by atoms with Crippen LogP contribution < -0.4 is 9.62 Å². The highest BCUT2D eigenvalue weighted by molar-refractivity contribution is 7.92. The first-order chi connectivity index (χ1) is 19.0. The molecule has 41 heavy (non-hydrogen) atoms. The predicted molar refractivity (Wildman–Crippen MR) is 152 cm³/mol. The molecule has 0 unspecified atom stereocenters. The van der Waals surface area contributed by atoms with Gasteiger partial charge in [0.25, 0.3) is 10.0 Å². The molecule has 0 heterocycles. The minimum atomic E-state index is -4.74. The highest BCUT2D eigenvalue weighted by Crippen LogP contribution is 2.33. The fourth-order valence-corrected chi connectivity index (χ4v) is 5.58. The third-order valence-electron chi connectivity index (χ3n) is 6.17. The average Bonchev–Trinajstić information content (AvgIpc) is 2.89. The van der Waals surface area contributed by atoms with Crippen molar-refractivity contribution in [3.63, 3.8) is 0 Å². The van der Waals surface area contributed by atoms with Gasteiger partial charge in [0.15, 0.2) is 0 Å². The van der Waals surface area contributed by atoms with Gasteiger partial charge in [-0.05, 0) is 70.5 Å². The van der Waals surface area contributed by atoms with Crippen LogP contribution in [0.5, 0.6) is 0 Å². The lowest BCUT2D eigenvalue weighted by Crippen LogP contribution is -2.54. The molecule has 3 rings (SSSR count). The first-order valence-corrected chi connectivity index (χ1v) is 14.3. The van der Waals surface area contributed by atoms with E-state index >= 15 is 0 Å². The summed E-state index contributed by atoms with van der Waals surface area (Å²) in [5.74, 6) is -1.23. The number of benzene rings is 3. The van der Waals surface area contributed by atoms with Gasteiger partial charge >= 0.3 is 6.18 Å². The SMILES string of the molecule is Cc1cccc(CN(C(=O)CN(c2cccc(C(F)(F)F)c2)S(=O)(=O)c2ccccc2)[C@H](C)C(=O)NC(C)(C)C)c1. The predicted octanol–water partition coefficient (Wildman–Crippen LogP) is 5.54. The molecule has 0 saturated carbocycles. The van der Waals surface area contributed by atoms with Crippen molar-refractivity contribution in [1.29, 1.82) is 0 Å². The number of hydrogen-bond acceptors (Lipinski definition) is 4. The van der Waals surface area contributed by atoms with E-state index < -0.39 is 51.7 Å². The molecule has 11 heteroatoms. The Balaban J connectivity index is 2.09. The second kappa shape index (κ2) is 12.3. The van der Waals surface area contributed by atoms with Gasteiger partial charge in [0.1, 0.15) is 12.6 Å². The van der Waals surface area contributed by atoms with Gasteiger partial charge in [-0.2, -0.15) is 13.2 Å². The van der Waals surface area contributed by atoms with Gasteiger partial charge in [-0.3, -0.25) is 13.9 Å². The Morgan fingerprint density at radius 3 is 2.12 bits per heavy atom. The largest absolute Gasteiger partial charge is 0.416 e. The van der Waals surface area contributed by atoms with Crippen LogP contribution in [-0.4, -0.2) is 43.3 Å². The summed E-state index contributed by atoms with van der Waals surface area (Å²) in [6.07, 6.45) is -4.74. The maximum Gasteiger partial charge on any atom is 0.416 e. The van der Waals surface area contributed by atoms with Gasteiger partial charge in [-0.15, -0.1) is 0 Å². The summed E-state index contributed by atoms with van der Waals surface area (Å²) in [5, 5.41) is 2.83. The van der Waals surface area contributed by atoms with Crippen molar-refractivity contribution in [2.45, 2.75) is 63.8 Å². The molecule has 0 saturated heterocycles. The molecule has 0 spiro atoms. The Hall–Kier alpha value is -3.86. The summed E-state index contributed by atoms with van der Waals surface area (Å²) in [6, 6.07) is 17.2. The number of sulfonamides is 1. The molecule has 3 aromatic rings. The number of aryl methyl sites for hydroxylation is 1. The van der Waals surface area contributed by atoms with E-state index in [1.165, 1.54) is 42.2 Å². The highest BCUT2D eigenvalue weighted by Gasteiger charge is 2.35. The molecule has 2 amide bonds. The first kappa shape index (κ1) is 31.7. The topological polar surface area (TPSA) is 86.8 Å². The maximum atomic E-state index is 13.9. The van der Waals surface area contributed by atoms with Gasteiger partial charge in [-0.25, -0.2) is 8.42 Å². The molecule has 220 valence electrons. The normalized spacial score (nSPS) is 12.9. The quantitative estimate of drug-likeness (QED) is 0.355. The molecule has 0 bridgehead atoms. The van der Waals surface area contributed by atoms with Gasteiger partial charge < -0.3 is 10.2 Å². The number of rotatable bonds is 9. The van der Waals surface area contributed by atoms with Crippen molar-refractivity contribution in [2.75, 3.05) is 10.8 Å². The molecular weight excluding hydrogens is 555 g/mol. The summed E-state index contributed by atoms with van der Waals surface area (Å²) < 4.78 is 68.8. The lowest BCUT2D eigenvalue weighted by atomic mass is 10.1. The molecule has 0 aliphatic carbocycles. The molecule has 7 nitrogen and oxygen atoms in total. The summed E-state index contributed by atoms with van der Waals surface area (Å²) >= 11 is 0. The second-order valence-electron chi connectivity index (χ2n) is 10.8. The van der Waals surface area contributed by atoms with Crippen LogP contribution >= 0.6 is 0 Å². The van der Waals surface area contributed by atoms with E-state index in [4.69, 9.17) is 0 Å². The lowest BCUT2D eigenvalue weighted by Gasteiger charge is -2.33. The zero-order valence-electron chi connectivity index (χ0n) is 23.6. The molecular formula is C30H34F3N3O4S. The van der Waals surface area contributed by atoms with E-state index in [0.29, 0.717) is 15.9 Å². The third-order valence-corrected chi connectivity index (χ3v) is 7.96. The molecule has 0 aromatic heterocycles. The van der Waals surface area contributed by atoms with Crippen molar-refractivity contribution in [3.8, 4) is 0 Å². The molecule has 0 aliphatic rings. The van der Waals surface area contributed by atoms with E-state index in [-0.39, 0.29) is 17.1 Å². The standard InChI is InChI=1S/C30H34F3N3O4S/c1-21-11-9-12-23(17-21)19-35(22(2)28(38)34-29(3,4)5)27(37)20-36(41(39,40)26-15-7-6-8-16-26)25-14-10-13-24(18-25)30(31,32)33/h6-18,22H,19-20H2,1-5H3,(H,34,38)/t22-/m1/s1. The Labute approximate surface area is 239 Å². The van der Waals surface area contributed by atoms with E-state index in [9.17, 15) is 31.2 Å². The molecule has 0 fully saturated rings. The van der Waals surface area contributed by atoms with Crippen molar-refractivity contribution in [2.24, 2.45) is 0 Å². The van der Waals surface area contributed by atoms with E-state index in [0.717, 1.165) is 17.7 Å². The Morgan fingerprint density at radius 1 is 0.902 bits per heavy atom. The molecule has 1 atom stereocenters. The van der Waals surface area contributed by atoms with Crippen LogP contribution in [0.15, 0.2) is 83.8 Å². The van der Waals surface area contributed by atoms with Crippen molar-refractivity contribution < 1.29 is 31.2 Å². The first-order valence-electron chi connectivity index (χ1n) is 12.9. The van der Waals surface area contributed by atoms with Gasteiger partial charge in [0.05, 0.1) is 16.1 Å². The Bertz CT molecular complexity index is 1490. The van der Waals surface area contributed by atoms with Crippen LogP contribution in [-0.2, 0) is 32.3 Å². The van der Waals surface area contributed by atoms with Gasteiger partial charge in [-0.1, -0.05) is 54.1 Å². The highest BCUT2D eigenvalue weighted by atomic mass is 32.2. The third kappa shape index (κ3) is 8.32. The summed E-state index contributed by atoms with van der Waals surface area (Å²) in [5.41, 5.74) is -0.391. The van der Waals surface area contributed by atoms with Crippen LogP contribution in [0.25, 0.3) is 0 Å². The average molecular weight is 590 g/mol. The Kier molecular flexibility index (Phi) is 9.53. The minimum absolute atomic E-state index is 0.0267. The molecule has 0 aliphatic heterocycles. The maximum absolute atomic E-state index is 13.9. The van der Waals surface area contributed by atoms with E-state index in [1.54, 1.807) is 39.0 Å². The summed E-state index contributed by atoms with van der Waals surface area (Å²) in [6.45, 7) is 7.88. The van der Waals surface area contributed by atoms with Crippen LogP contribution in [0.4, 0.5) is 18.9 Å². The lowest BCUT2D eigenvalue weighted by molar-refractivity contribution is -0.140. The number of hydrogen-bond donors (Lipinski definition) is 1. The summed E-state index contributed by atoms with van der Waals surface area (Å²) in [4.78, 5) is 28.1. The van der Waals surface area contributed by atoms with Crippen LogP contribution in [0.3, 0.4) is 0 Å².